The van der Waals surface area contributed by atoms with Crippen LogP contribution in [0.3, 0.4) is 0 Å². The zero-order chi connectivity index (χ0) is 13.0. The van der Waals surface area contributed by atoms with E-state index in [9.17, 15) is 4.79 Å². The normalized spacial score (nSPS) is 20.1. The molecule has 0 aliphatic carbocycles. The van der Waals surface area contributed by atoms with Gasteiger partial charge in [0.25, 0.3) is 5.56 Å². The maximum atomic E-state index is 11.9. The molecule has 0 amide bonds. The van der Waals surface area contributed by atoms with Crippen LogP contribution in [0.4, 0.5) is 5.69 Å². The highest BCUT2D eigenvalue weighted by Crippen LogP contribution is 2.20. The molecule has 1 fully saturated rings. The summed E-state index contributed by atoms with van der Waals surface area (Å²) in [6, 6.07) is 1.69. The molecule has 1 aromatic rings. The third-order valence-electron chi connectivity index (χ3n) is 3.38. The first-order valence-electron chi connectivity index (χ1n) is 6.59. The molecule has 0 aromatic carbocycles. The third-order valence-corrected chi connectivity index (χ3v) is 3.65. The number of aromatic nitrogens is 2. The van der Waals surface area contributed by atoms with E-state index < -0.39 is 0 Å². The lowest BCUT2D eigenvalue weighted by atomic mass is 10.00. The molecule has 0 N–H and O–H groups in total. The highest BCUT2D eigenvalue weighted by molar-refractivity contribution is 6.17. The van der Waals surface area contributed by atoms with Crippen LogP contribution in [0.5, 0.6) is 0 Å². The van der Waals surface area contributed by atoms with E-state index in [4.69, 9.17) is 11.6 Å². The van der Waals surface area contributed by atoms with Gasteiger partial charge in [0.05, 0.1) is 11.9 Å². The van der Waals surface area contributed by atoms with Crippen molar-refractivity contribution in [2.24, 2.45) is 5.92 Å². The fraction of sp³-hybridized carbons (Fsp3) is 0.692. The molecule has 1 aliphatic rings. The Morgan fingerprint density at radius 1 is 1.56 bits per heavy atom. The molecule has 1 aromatic heterocycles. The Morgan fingerprint density at radius 3 is 3.06 bits per heavy atom. The van der Waals surface area contributed by atoms with E-state index in [1.807, 2.05) is 0 Å². The summed E-state index contributed by atoms with van der Waals surface area (Å²) in [5.41, 5.74) is 0.921. The second-order valence-electron chi connectivity index (χ2n) is 5.01. The van der Waals surface area contributed by atoms with Crippen LogP contribution in [-0.4, -0.2) is 28.8 Å². The number of hydrogen-bond acceptors (Lipinski definition) is 3. The predicted molar refractivity (Wildman–Crippen MR) is 74.4 cm³/mol. The topological polar surface area (TPSA) is 38.1 Å². The van der Waals surface area contributed by atoms with Crippen LogP contribution >= 0.6 is 11.6 Å². The summed E-state index contributed by atoms with van der Waals surface area (Å²) in [6.45, 7) is 4.89. The van der Waals surface area contributed by atoms with Gasteiger partial charge in [-0.2, -0.15) is 5.10 Å². The Balaban J connectivity index is 2.10. The molecular formula is C13H20ClN3O. The highest BCUT2D eigenvalue weighted by Gasteiger charge is 2.17. The van der Waals surface area contributed by atoms with E-state index in [1.54, 1.807) is 12.3 Å². The van der Waals surface area contributed by atoms with Crippen LogP contribution in [0.1, 0.15) is 26.2 Å². The van der Waals surface area contributed by atoms with Gasteiger partial charge in [0, 0.05) is 31.6 Å². The van der Waals surface area contributed by atoms with Gasteiger partial charge in [-0.05, 0) is 25.2 Å². The van der Waals surface area contributed by atoms with Gasteiger partial charge < -0.3 is 4.90 Å². The average molecular weight is 270 g/mol. The smallest absolute Gasteiger partial charge is 0.268 e. The van der Waals surface area contributed by atoms with E-state index in [1.165, 1.54) is 17.5 Å². The van der Waals surface area contributed by atoms with Crippen molar-refractivity contribution in [2.75, 3.05) is 23.9 Å². The van der Waals surface area contributed by atoms with E-state index >= 15 is 0 Å². The quantitative estimate of drug-likeness (QED) is 0.786. The van der Waals surface area contributed by atoms with E-state index in [0.29, 0.717) is 18.3 Å². The van der Waals surface area contributed by atoms with Gasteiger partial charge in [0.1, 0.15) is 0 Å². The lowest BCUT2D eigenvalue weighted by Crippen LogP contribution is -2.35. The molecule has 4 nitrogen and oxygen atoms in total. The third kappa shape index (κ3) is 3.25. The summed E-state index contributed by atoms with van der Waals surface area (Å²) in [5.74, 6) is 1.25. The summed E-state index contributed by atoms with van der Waals surface area (Å²) in [6.07, 6.45) is 5.04. The summed E-state index contributed by atoms with van der Waals surface area (Å²) < 4.78 is 1.49. The van der Waals surface area contributed by atoms with Crippen LogP contribution in [-0.2, 0) is 6.54 Å². The Kier molecular flexibility index (Phi) is 4.64. The number of halogens is 1. The number of piperidine rings is 1. The summed E-state index contributed by atoms with van der Waals surface area (Å²) in [4.78, 5) is 14.2. The molecule has 18 heavy (non-hydrogen) atoms. The van der Waals surface area contributed by atoms with Crippen molar-refractivity contribution in [1.82, 2.24) is 9.78 Å². The Bertz CT molecular complexity index is 446. The second-order valence-corrected chi connectivity index (χ2v) is 5.39. The zero-order valence-corrected chi connectivity index (χ0v) is 11.6. The Hall–Kier alpha value is -1.03. The Morgan fingerprint density at radius 2 is 2.39 bits per heavy atom. The molecule has 2 heterocycles. The number of alkyl halides is 1. The van der Waals surface area contributed by atoms with Gasteiger partial charge in [-0.25, -0.2) is 4.68 Å². The predicted octanol–water partition coefficient (Wildman–Crippen LogP) is 2.11. The van der Waals surface area contributed by atoms with Crippen LogP contribution in [0.2, 0.25) is 0 Å². The van der Waals surface area contributed by atoms with E-state index in [0.717, 1.165) is 25.2 Å². The number of rotatable bonds is 4. The highest BCUT2D eigenvalue weighted by atomic mass is 35.5. The molecule has 100 valence electrons. The first-order chi connectivity index (χ1) is 8.70. The van der Waals surface area contributed by atoms with Crippen LogP contribution in [0, 0.1) is 5.92 Å². The van der Waals surface area contributed by atoms with Crippen LogP contribution in [0.25, 0.3) is 0 Å². The summed E-state index contributed by atoms with van der Waals surface area (Å²) >= 11 is 5.62. The minimum atomic E-state index is -0.0316. The van der Waals surface area contributed by atoms with E-state index in [2.05, 4.69) is 16.9 Å². The van der Waals surface area contributed by atoms with Crippen molar-refractivity contribution >= 4 is 17.3 Å². The number of hydrogen-bond donors (Lipinski definition) is 0. The molecule has 0 bridgehead atoms. The number of nitrogens with zero attached hydrogens (tertiary/aromatic N) is 3. The van der Waals surface area contributed by atoms with Gasteiger partial charge in [-0.3, -0.25) is 4.79 Å². The maximum absolute atomic E-state index is 11.9. The largest absolute Gasteiger partial charge is 0.370 e. The van der Waals surface area contributed by atoms with Crippen molar-refractivity contribution < 1.29 is 0 Å². The lowest BCUT2D eigenvalue weighted by molar-refractivity contribution is 0.445. The molecule has 0 spiro atoms. The van der Waals surface area contributed by atoms with Crippen molar-refractivity contribution in [2.45, 2.75) is 32.7 Å². The average Bonchev–Trinajstić information content (AvgIpc) is 2.37. The molecule has 1 aliphatic heterocycles. The Labute approximate surface area is 113 Å². The summed E-state index contributed by atoms with van der Waals surface area (Å²) in [5, 5.41) is 4.22. The minimum Gasteiger partial charge on any atom is -0.370 e. The van der Waals surface area contributed by atoms with Crippen LogP contribution < -0.4 is 10.5 Å². The SMILES string of the molecule is CC1CCCN(c2cnn(CCCCl)c(=O)c2)C1. The van der Waals surface area contributed by atoms with E-state index in [-0.39, 0.29) is 5.56 Å². The second kappa shape index (κ2) is 6.23. The van der Waals surface area contributed by atoms with Gasteiger partial charge in [-0.15, -0.1) is 11.6 Å². The zero-order valence-electron chi connectivity index (χ0n) is 10.8. The maximum Gasteiger partial charge on any atom is 0.268 e. The number of aryl methyl sites for hydroxylation is 1. The first-order valence-corrected chi connectivity index (χ1v) is 7.12. The van der Waals surface area contributed by atoms with Gasteiger partial charge in [0.2, 0.25) is 0 Å². The molecule has 0 radical (unpaired) electrons. The molecular weight excluding hydrogens is 250 g/mol. The van der Waals surface area contributed by atoms with Crippen molar-refractivity contribution in [3.8, 4) is 0 Å². The molecule has 1 unspecified atom stereocenters. The van der Waals surface area contributed by atoms with Gasteiger partial charge >= 0.3 is 0 Å². The molecule has 5 heteroatoms. The standard InChI is InChI=1S/C13H20ClN3O/c1-11-4-2-6-16(10-11)12-8-13(18)17(15-9-12)7-3-5-14/h8-9,11H,2-7,10H2,1H3. The van der Waals surface area contributed by atoms with Crippen molar-refractivity contribution in [1.29, 1.82) is 0 Å². The molecule has 0 saturated carbocycles. The summed E-state index contributed by atoms with van der Waals surface area (Å²) in [7, 11) is 0. The first kappa shape index (κ1) is 13.4. The molecule has 1 saturated heterocycles. The van der Waals surface area contributed by atoms with Crippen molar-refractivity contribution in [3.63, 3.8) is 0 Å². The van der Waals surface area contributed by atoms with Crippen LogP contribution in [0.15, 0.2) is 17.1 Å². The minimum absolute atomic E-state index is 0.0316. The van der Waals surface area contributed by atoms with Gasteiger partial charge in [0.15, 0.2) is 0 Å². The van der Waals surface area contributed by atoms with Crippen molar-refractivity contribution in [3.05, 3.63) is 22.6 Å². The number of anilines is 1. The lowest BCUT2D eigenvalue weighted by Gasteiger charge is -2.32. The molecule has 1 atom stereocenters. The monoisotopic (exact) mass is 269 g/mol. The fourth-order valence-electron chi connectivity index (χ4n) is 2.40. The van der Waals surface area contributed by atoms with Gasteiger partial charge in [-0.1, -0.05) is 6.92 Å². The fourth-order valence-corrected chi connectivity index (χ4v) is 2.52. The molecule has 2 rings (SSSR count).